The number of H-pyrrole nitrogens is 1. The molecule has 0 amide bonds. The van der Waals surface area contributed by atoms with Crippen molar-refractivity contribution in [2.75, 3.05) is 6.61 Å². The summed E-state index contributed by atoms with van der Waals surface area (Å²) in [5.74, 6) is 0.751. The SMILES string of the molecule is C=c1[nH]n(-c2ccc(I)cc2)c(=O)/c1=C\c1ccccc1OCC. The molecule has 0 bridgehead atoms. The molecule has 3 rings (SSSR count). The number of aromatic nitrogens is 2. The first-order valence-corrected chi connectivity index (χ1v) is 8.67. The average Bonchev–Trinajstić information content (AvgIpc) is 2.86. The molecule has 0 aliphatic rings. The van der Waals surface area contributed by atoms with Gasteiger partial charge in [0.15, 0.2) is 0 Å². The lowest BCUT2D eigenvalue weighted by Gasteiger charge is -2.05. The second-order valence-electron chi connectivity index (χ2n) is 5.24. The molecule has 4 nitrogen and oxygen atoms in total. The Balaban J connectivity index is 2.15. The van der Waals surface area contributed by atoms with Crippen LogP contribution in [0.5, 0.6) is 5.75 Å². The first kappa shape index (κ1) is 16.6. The highest BCUT2D eigenvalue weighted by Crippen LogP contribution is 2.18. The molecule has 1 heterocycles. The summed E-state index contributed by atoms with van der Waals surface area (Å²) in [6, 6.07) is 15.4. The minimum Gasteiger partial charge on any atom is -0.493 e. The fourth-order valence-electron chi connectivity index (χ4n) is 2.46. The van der Waals surface area contributed by atoms with Gasteiger partial charge in [-0.2, -0.15) is 0 Å². The van der Waals surface area contributed by atoms with Crippen LogP contribution in [0.4, 0.5) is 0 Å². The maximum absolute atomic E-state index is 12.8. The van der Waals surface area contributed by atoms with Crippen LogP contribution >= 0.6 is 22.6 Å². The van der Waals surface area contributed by atoms with Crippen molar-refractivity contribution in [2.24, 2.45) is 0 Å². The molecule has 0 fully saturated rings. The standard InChI is InChI=1S/C19H17IN2O2/c1-3-24-18-7-5-4-6-14(18)12-17-13(2)21-22(19(17)23)16-10-8-15(20)9-11-16/h4-12,21H,2-3H2,1H3/b17-12-. The van der Waals surface area contributed by atoms with Gasteiger partial charge in [-0.15, -0.1) is 0 Å². The van der Waals surface area contributed by atoms with Crippen molar-refractivity contribution in [1.29, 1.82) is 0 Å². The lowest BCUT2D eigenvalue weighted by atomic mass is 10.1. The van der Waals surface area contributed by atoms with Gasteiger partial charge in [0.2, 0.25) is 0 Å². The van der Waals surface area contributed by atoms with Gasteiger partial charge in [-0.3, -0.25) is 9.89 Å². The van der Waals surface area contributed by atoms with Crippen molar-refractivity contribution < 1.29 is 4.74 Å². The summed E-state index contributed by atoms with van der Waals surface area (Å²) in [6.45, 7) is 6.47. The van der Waals surface area contributed by atoms with Crippen molar-refractivity contribution in [3.05, 3.63) is 78.6 Å². The topological polar surface area (TPSA) is 47.0 Å². The normalized spacial score (nSPS) is 11.7. The second-order valence-corrected chi connectivity index (χ2v) is 6.48. The minimum atomic E-state index is -0.132. The van der Waals surface area contributed by atoms with Crippen LogP contribution in [-0.4, -0.2) is 16.4 Å². The lowest BCUT2D eigenvalue weighted by Crippen LogP contribution is -2.34. The highest BCUT2D eigenvalue weighted by atomic mass is 127. The molecule has 1 aromatic heterocycles. The third-order valence-corrected chi connectivity index (χ3v) is 4.33. The van der Waals surface area contributed by atoms with E-state index in [1.54, 1.807) is 0 Å². The van der Waals surface area contributed by atoms with Gasteiger partial charge >= 0.3 is 0 Å². The summed E-state index contributed by atoms with van der Waals surface area (Å²) in [7, 11) is 0. The average molecular weight is 432 g/mol. The fraction of sp³-hybridized carbons (Fsp3) is 0.105. The monoisotopic (exact) mass is 432 g/mol. The van der Waals surface area contributed by atoms with Gasteiger partial charge in [0.05, 0.1) is 22.9 Å². The van der Waals surface area contributed by atoms with Crippen LogP contribution < -0.4 is 20.9 Å². The minimum absolute atomic E-state index is 0.132. The Kier molecular flexibility index (Phi) is 4.89. The lowest BCUT2D eigenvalue weighted by molar-refractivity contribution is 0.339. The number of rotatable bonds is 4. The van der Waals surface area contributed by atoms with Gasteiger partial charge in [-0.1, -0.05) is 24.8 Å². The molecule has 0 unspecified atom stereocenters. The Labute approximate surface area is 153 Å². The van der Waals surface area contributed by atoms with Crippen LogP contribution in [0.2, 0.25) is 0 Å². The molecule has 1 N–H and O–H groups in total. The molecule has 0 saturated carbocycles. The van der Waals surface area contributed by atoms with E-state index >= 15 is 0 Å². The van der Waals surface area contributed by atoms with Crippen molar-refractivity contribution >= 4 is 35.2 Å². The molecule has 0 aliphatic heterocycles. The van der Waals surface area contributed by atoms with E-state index in [-0.39, 0.29) is 5.56 Å². The van der Waals surface area contributed by atoms with Crippen LogP contribution in [0, 0.1) is 3.57 Å². The summed E-state index contributed by atoms with van der Waals surface area (Å²) in [5.41, 5.74) is 1.51. The van der Waals surface area contributed by atoms with Crippen molar-refractivity contribution in [3.8, 4) is 11.4 Å². The molecule has 2 aromatic carbocycles. The van der Waals surface area contributed by atoms with Gasteiger partial charge in [0.25, 0.3) is 5.56 Å². The molecule has 5 heteroatoms. The largest absolute Gasteiger partial charge is 0.493 e. The fourth-order valence-corrected chi connectivity index (χ4v) is 2.82. The van der Waals surface area contributed by atoms with Crippen LogP contribution in [-0.2, 0) is 0 Å². The number of ether oxygens (including phenoxy) is 1. The molecule has 3 aromatic rings. The summed E-state index contributed by atoms with van der Waals surface area (Å²) in [4.78, 5) is 12.8. The number of hydrogen-bond donors (Lipinski definition) is 1. The van der Waals surface area contributed by atoms with E-state index in [1.807, 2.05) is 61.5 Å². The Morgan fingerprint density at radius 2 is 1.92 bits per heavy atom. The van der Waals surface area contributed by atoms with Gasteiger partial charge in [0, 0.05) is 9.13 Å². The van der Waals surface area contributed by atoms with Gasteiger partial charge in [-0.05, 0) is 65.9 Å². The van der Waals surface area contributed by atoms with E-state index in [0.717, 1.165) is 20.6 Å². The molecule has 0 atom stereocenters. The van der Waals surface area contributed by atoms with E-state index in [0.29, 0.717) is 17.2 Å². The van der Waals surface area contributed by atoms with E-state index in [9.17, 15) is 4.79 Å². The van der Waals surface area contributed by atoms with E-state index in [4.69, 9.17) is 4.74 Å². The Bertz CT molecular complexity index is 1020. The summed E-state index contributed by atoms with van der Waals surface area (Å²) < 4.78 is 8.24. The molecule has 122 valence electrons. The predicted molar refractivity (Wildman–Crippen MR) is 105 cm³/mol. The molecular formula is C19H17IN2O2. The van der Waals surface area contributed by atoms with E-state index in [1.165, 1.54) is 4.68 Å². The zero-order valence-electron chi connectivity index (χ0n) is 13.3. The van der Waals surface area contributed by atoms with Gasteiger partial charge in [-0.25, -0.2) is 4.68 Å². The molecule has 0 saturated heterocycles. The zero-order valence-corrected chi connectivity index (χ0v) is 15.4. The number of nitrogens with zero attached hydrogens (tertiary/aromatic N) is 1. The first-order chi connectivity index (χ1) is 11.6. The van der Waals surface area contributed by atoms with E-state index < -0.39 is 0 Å². The highest BCUT2D eigenvalue weighted by Gasteiger charge is 2.06. The smallest absolute Gasteiger partial charge is 0.279 e. The third-order valence-electron chi connectivity index (χ3n) is 3.61. The molecule has 0 aliphatic carbocycles. The number of hydrogen-bond acceptors (Lipinski definition) is 2. The second kappa shape index (κ2) is 7.09. The highest BCUT2D eigenvalue weighted by molar-refractivity contribution is 14.1. The van der Waals surface area contributed by atoms with Gasteiger partial charge in [0.1, 0.15) is 5.75 Å². The summed E-state index contributed by atoms with van der Waals surface area (Å²) in [6.07, 6.45) is 1.81. The Hall–Kier alpha value is -2.28. The van der Waals surface area contributed by atoms with Crippen molar-refractivity contribution in [2.45, 2.75) is 6.92 Å². The molecule has 0 radical (unpaired) electrons. The van der Waals surface area contributed by atoms with Crippen molar-refractivity contribution in [1.82, 2.24) is 9.78 Å². The number of aromatic amines is 1. The Morgan fingerprint density at radius 3 is 2.62 bits per heavy atom. The van der Waals surface area contributed by atoms with Crippen LogP contribution in [0.25, 0.3) is 18.3 Å². The predicted octanol–water partition coefficient (Wildman–Crippen LogP) is 2.41. The van der Waals surface area contributed by atoms with Gasteiger partial charge < -0.3 is 4.74 Å². The number of para-hydroxylation sites is 1. The van der Waals surface area contributed by atoms with Crippen LogP contribution in [0.3, 0.4) is 0 Å². The number of nitrogens with one attached hydrogen (secondary N) is 1. The van der Waals surface area contributed by atoms with Crippen LogP contribution in [0.15, 0.2) is 53.3 Å². The summed E-state index contributed by atoms with van der Waals surface area (Å²) >= 11 is 2.23. The summed E-state index contributed by atoms with van der Waals surface area (Å²) in [5, 5.41) is 4.14. The number of halogens is 1. The molecular weight excluding hydrogens is 415 g/mol. The zero-order chi connectivity index (χ0) is 17.1. The maximum Gasteiger partial charge on any atom is 0.279 e. The van der Waals surface area contributed by atoms with E-state index in [2.05, 4.69) is 34.3 Å². The quantitative estimate of drug-likeness (QED) is 0.644. The van der Waals surface area contributed by atoms with Crippen LogP contribution in [0.1, 0.15) is 12.5 Å². The molecule has 0 spiro atoms. The Morgan fingerprint density at radius 1 is 1.21 bits per heavy atom. The maximum atomic E-state index is 12.8. The number of benzene rings is 2. The van der Waals surface area contributed by atoms with Crippen molar-refractivity contribution in [3.63, 3.8) is 0 Å². The first-order valence-electron chi connectivity index (χ1n) is 7.59. The third kappa shape index (κ3) is 3.31. The molecule has 24 heavy (non-hydrogen) atoms.